The number of halogens is 3. The largest absolute Gasteiger partial charge is 0.457 e. The predicted octanol–water partition coefficient (Wildman–Crippen LogP) is 4.03. The Bertz CT molecular complexity index is 666. The van der Waals surface area contributed by atoms with E-state index < -0.39 is 0 Å². The van der Waals surface area contributed by atoms with Crippen molar-refractivity contribution in [3.63, 3.8) is 0 Å². The van der Waals surface area contributed by atoms with Crippen LogP contribution in [0, 0.1) is 5.82 Å². The number of hydrogen-bond donors (Lipinski definition) is 2. The highest BCUT2D eigenvalue weighted by Gasteiger charge is 2.14. The summed E-state index contributed by atoms with van der Waals surface area (Å²) in [5.74, 6) is 0.176. The number of amides is 1. The summed E-state index contributed by atoms with van der Waals surface area (Å²) in [6.07, 6.45) is 0. The average molecular weight is 373 g/mol. The first kappa shape index (κ1) is 20.2. The lowest BCUT2D eigenvalue weighted by molar-refractivity contribution is 0.0951. The Morgan fingerprint density at radius 1 is 1.17 bits per heavy atom. The number of benzene rings is 2. The average Bonchev–Trinajstić information content (AvgIpc) is 2.55. The first-order valence-electron chi connectivity index (χ1n) is 7.32. The fraction of sp³-hybridized carbons (Fsp3) is 0.235. The van der Waals surface area contributed by atoms with Gasteiger partial charge in [0.1, 0.15) is 17.3 Å². The van der Waals surface area contributed by atoms with E-state index in [-0.39, 0.29) is 24.1 Å². The van der Waals surface area contributed by atoms with Crippen LogP contribution < -0.4 is 15.4 Å². The number of carbonyl (C=O) groups is 1. The zero-order valence-electron chi connectivity index (χ0n) is 13.1. The Kier molecular flexibility index (Phi) is 8.54. The quantitative estimate of drug-likeness (QED) is 0.721. The van der Waals surface area contributed by atoms with Gasteiger partial charge in [0.25, 0.3) is 5.91 Å². The maximum Gasteiger partial charge on any atom is 0.255 e. The summed E-state index contributed by atoms with van der Waals surface area (Å²) < 4.78 is 18.6. The number of ether oxygens (including phenoxy) is 1. The number of nitrogens with one attached hydrogen (secondary N) is 2. The molecule has 4 nitrogen and oxygen atoms in total. The van der Waals surface area contributed by atoms with Crippen LogP contribution >= 0.6 is 24.0 Å². The van der Waals surface area contributed by atoms with Gasteiger partial charge in [-0.2, -0.15) is 0 Å². The first-order chi connectivity index (χ1) is 11.1. The van der Waals surface area contributed by atoms with E-state index in [1.54, 1.807) is 18.2 Å². The summed E-state index contributed by atoms with van der Waals surface area (Å²) in [4.78, 5) is 12.3. The number of carbonyl (C=O) groups excluding carboxylic acids is 1. The minimum absolute atomic E-state index is 0. The lowest BCUT2D eigenvalue weighted by atomic mass is 10.2. The van der Waals surface area contributed by atoms with Crippen LogP contribution in [0.15, 0.2) is 42.5 Å². The first-order valence-corrected chi connectivity index (χ1v) is 7.70. The third-order valence-electron chi connectivity index (χ3n) is 3.07. The molecule has 2 N–H and O–H groups in total. The Balaban J connectivity index is 0.00000288. The molecule has 2 aromatic carbocycles. The van der Waals surface area contributed by atoms with Gasteiger partial charge in [-0.3, -0.25) is 4.79 Å². The smallest absolute Gasteiger partial charge is 0.255 e. The number of likely N-dealkylation sites (N-methyl/N-ethyl adjacent to an activating group) is 1. The summed E-state index contributed by atoms with van der Waals surface area (Å²) in [6, 6.07) is 10.4. The summed E-state index contributed by atoms with van der Waals surface area (Å²) in [5, 5.41) is 6.35. The van der Waals surface area contributed by atoms with Crippen LogP contribution in [0.25, 0.3) is 0 Å². The summed E-state index contributed by atoms with van der Waals surface area (Å²) in [7, 11) is 0. The fourth-order valence-corrected chi connectivity index (χ4v) is 2.11. The Morgan fingerprint density at radius 3 is 2.54 bits per heavy atom. The second-order valence-corrected chi connectivity index (χ2v) is 5.24. The van der Waals surface area contributed by atoms with E-state index in [0.29, 0.717) is 35.2 Å². The molecule has 0 bridgehead atoms. The standard InChI is InChI=1S/C17H18ClFN2O2.ClH/c1-2-20-9-10-21-17(22)15-11-12(18)3-8-16(15)23-14-6-4-13(19)5-7-14;/h3-8,11,20H,2,9-10H2,1H3,(H,21,22);1H. The zero-order valence-corrected chi connectivity index (χ0v) is 14.7. The molecule has 0 aromatic heterocycles. The van der Waals surface area contributed by atoms with Crippen LogP contribution in [-0.2, 0) is 0 Å². The molecule has 1 amide bonds. The van der Waals surface area contributed by atoms with Gasteiger partial charge in [0.15, 0.2) is 0 Å². The van der Waals surface area contributed by atoms with Crippen molar-refractivity contribution in [3.8, 4) is 11.5 Å². The van der Waals surface area contributed by atoms with E-state index in [1.165, 1.54) is 24.3 Å². The normalized spacial score (nSPS) is 9.96. The highest BCUT2D eigenvalue weighted by molar-refractivity contribution is 6.31. The SMILES string of the molecule is CCNCCNC(=O)c1cc(Cl)ccc1Oc1ccc(F)cc1.Cl. The molecule has 0 fully saturated rings. The predicted molar refractivity (Wildman–Crippen MR) is 96.1 cm³/mol. The number of hydrogen-bond acceptors (Lipinski definition) is 3. The second-order valence-electron chi connectivity index (χ2n) is 4.81. The summed E-state index contributed by atoms with van der Waals surface area (Å²) in [5.41, 5.74) is 0.332. The lowest BCUT2D eigenvalue weighted by Crippen LogP contribution is -2.31. The Hall–Kier alpha value is -1.82. The summed E-state index contributed by atoms with van der Waals surface area (Å²) >= 11 is 5.97. The van der Waals surface area contributed by atoms with Gasteiger partial charge in [-0.15, -0.1) is 12.4 Å². The van der Waals surface area contributed by atoms with Crippen LogP contribution in [0.2, 0.25) is 5.02 Å². The third-order valence-corrected chi connectivity index (χ3v) is 3.30. The van der Waals surface area contributed by atoms with Crippen molar-refractivity contribution in [1.29, 1.82) is 0 Å². The fourth-order valence-electron chi connectivity index (χ4n) is 1.93. The van der Waals surface area contributed by atoms with Gasteiger partial charge >= 0.3 is 0 Å². The molecular weight excluding hydrogens is 354 g/mol. The maximum atomic E-state index is 12.9. The maximum absolute atomic E-state index is 12.9. The molecule has 0 aliphatic rings. The molecule has 0 aliphatic carbocycles. The monoisotopic (exact) mass is 372 g/mol. The Labute approximate surface area is 151 Å². The molecule has 0 unspecified atom stereocenters. The molecule has 0 aliphatic heterocycles. The molecule has 130 valence electrons. The molecule has 0 saturated carbocycles. The minimum Gasteiger partial charge on any atom is -0.457 e. The van der Waals surface area contributed by atoms with Crippen molar-refractivity contribution < 1.29 is 13.9 Å². The molecule has 7 heteroatoms. The van der Waals surface area contributed by atoms with Crippen LogP contribution in [0.3, 0.4) is 0 Å². The van der Waals surface area contributed by atoms with E-state index in [1.807, 2.05) is 6.92 Å². The van der Waals surface area contributed by atoms with Gasteiger partial charge in [0, 0.05) is 18.1 Å². The van der Waals surface area contributed by atoms with E-state index in [2.05, 4.69) is 10.6 Å². The van der Waals surface area contributed by atoms with Crippen molar-refractivity contribution in [2.45, 2.75) is 6.92 Å². The van der Waals surface area contributed by atoms with Crippen molar-refractivity contribution in [3.05, 3.63) is 58.9 Å². The van der Waals surface area contributed by atoms with Crippen LogP contribution in [0.1, 0.15) is 17.3 Å². The molecule has 0 atom stereocenters. The van der Waals surface area contributed by atoms with Gasteiger partial charge in [0.05, 0.1) is 5.56 Å². The molecule has 0 heterocycles. The third kappa shape index (κ3) is 6.00. The van der Waals surface area contributed by atoms with Crippen molar-refractivity contribution in [2.24, 2.45) is 0 Å². The van der Waals surface area contributed by atoms with Gasteiger partial charge < -0.3 is 15.4 Å². The molecular formula is C17H19Cl2FN2O2. The topological polar surface area (TPSA) is 50.4 Å². The highest BCUT2D eigenvalue weighted by Crippen LogP contribution is 2.28. The number of rotatable bonds is 7. The Morgan fingerprint density at radius 2 is 1.88 bits per heavy atom. The highest BCUT2D eigenvalue weighted by atomic mass is 35.5. The molecule has 2 aromatic rings. The molecule has 0 spiro atoms. The van der Waals surface area contributed by atoms with E-state index in [9.17, 15) is 9.18 Å². The van der Waals surface area contributed by atoms with Gasteiger partial charge in [0.2, 0.25) is 0 Å². The molecule has 24 heavy (non-hydrogen) atoms. The molecule has 0 radical (unpaired) electrons. The summed E-state index contributed by atoms with van der Waals surface area (Å²) in [6.45, 7) is 4.01. The second kappa shape index (κ2) is 10.1. The van der Waals surface area contributed by atoms with Crippen molar-refractivity contribution in [2.75, 3.05) is 19.6 Å². The molecule has 0 saturated heterocycles. The van der Waals surface area contributed by atoms with Crippen LogP contribution in [-0.4, -0.2) is 25.5 Å². The van der Waals surface area contributed by atoms with Gasteiger partial charge in [-0.1, -0.05) is 18.5 Å². The van der Waals surface area contributed by atoms with Crippen molar-refractivity contribution in [1.82, 2.24) is 10.6 Å². The van der Waals surface area contributed by atoms with Crippen molar-refractivity contribution >= 4 is 29.9 Å². The zero-order chi connectivity index (χ0) is 16.7. The van der Waals surface area contributed by atoms with E-state index >= 15 is 0 Å². The molecule has 2 rings (SSSR count). The lowest BCUT2D eigenvalue weighted by Gasteiger charge is -2.12. The van der Waals surface area contributed by atoms with Gasteiger partial charge in [-0.25, -0.2) is 4.39 Å². The van der Waals surface area contributed by atoms with Crippen LogP contribution in [0.5, 0.6) is 11.5 Å². The van der Waals surface area contributed by atoms with Gasteiger partial charge in [-0.05, 0) is 49.0 Å². The van der Waals surface area contributed by atoms with E-state index in [4.69, 9.17) is 16.3 Å². The van der Waals surface area contributed by atoms with Crippen LogP contribution in [0.4, 0.5) is 4.39 Å². The van der Waals surface area contributed by atoms with E-state index in [0.717, 1.165) is 6.54 Å². The minimum atomic E-state index is -0.352.